The molecule has 0 radical (unpaired) electrons. The van der Waals surface area contributed by atoms with E-state index in [0.717, 1.165) is 18.7 Å². The number of nitrogens with zero attached hydrogens (tertiary/aromatic N) is 5. The molecule has 2 unspecified atom stereocenters. The molecule has 28 heavy (non-hydrogen) atoms. The third-order valence-corrected chi connectivity index (χ3v) is 5.35. The van der Waals surface area contributed by atoms with Crippen LogP contribution in [0.5, 0.6) is 0 Å². The van der Waals surface area contributed by atoms with Crippen LogP contribution in [-0.2, 0) is 6.54 Å². The Kier molecular flexibility index (Phi) is 6.28. The van der Waals surface area contributed by atoms with Crippen molar-refractivity contribution in [2.75, 3.05) is 19.6 Å². The van der Waals surface area contributed by atoms with Crippen LogP contribution in [0.1, 0.15) is 39.7 Å². The lowest BCUT2D eigenvalue weighted by Gasteiger charge is -2.45. The van der Waals surface area contributed by atoms with Gasteiger partial charge in [0.2, 0.25) is 0 Å². The van der Waals surface area contributed by atoms with Gasteiger partial charge < -0.3 is 10.6 Å². The molecule has 0 bridgehead atoms. The lowest BCUT2D eigenvalue weighted by atomic mass is 9.88. The van der Waals surface area contributed by atoms with Gasteiger partial charge in [0.15, 0.2) is 5.82 Å². The van der Waals surface area contributed by atoms with Crippen LogP contribution in [0.15, 0.2) is 31.0 Å². The minimum Gasteiger partial charge on any atom is -0.336 e. The first kappa shape index (κ1) is 20.3. The fraction of sp³-hybridized carbons (Fsp3) is 0.600. The average Bonchev–Trinajstić information content (AvgIpc) is 3.19. The molecular weight excluding hydrogens is 354 g/mol. The monoisotopic (exact) mass is 385 g/mol. The van der Waals surface area contributed by atoms with Crippen molar-refractivity contribution in [3.8, 4) is 5.82 Å². The van der Waals surface area contributed by atoms with Crippen LogP contribution < -0.4 is 10.6 Å². The van der Waals surface area contributed by atoms with Gasteiger partial charge in [0.25, 0.3) is 0 Å². The van der Waals surface area contributed by atoms with Gasteiger partial charge in [-0.05, 0) is 38.2 Å². The number of pyridine rings is 1. The minimum atomic E-state index is -0.181. The highest BCUT2D eigenvalue weighted by molar-refractivity contribution is 5.74. The van der Waals surface area contributed by atoms with Crippen molar-refractivity contribution in [3.63, 3.8) is 0 Å². The van der Waals surface area contributed by atoms with Crippen LogP contribution >= 0.6 is 0 Å². The second-order valence-electron chi connectivity index (χ2n) is 8.53. The first-order valence-electron chi connectivity index (χ1n) is 9.91. The van der Waals surface area contributed by atoms with Crippen molar-refractivity contribution in [1.29, 1.82) is 0 Å². The van der Waals surface area contributed by atoms with Crippen molar-refractivity contribution < 1.29 is 4.79 Å². The van der Waals surface area contributed by atoms with E-state index in [9.17, 15) is 4.79 Å². The van der Waals surface area contributed by atoms with E-state index in [1.165, 1.54) is 12.7 Å². The topological polar surface area (TPSA) is 88.0 Å². The second kappa shape index (κ2) is 8.68. The first-order valence-corrected chi connectivity index (χ1v) is 9.91. The van der Waals surface area contributed by atoms with E-state index in [1.807, 2.05) is 12.1 Å². The Balaban J connectivity index is 1.53. The zero-order valence-corrected chi connectivity index (χ0v) is 17.2. The molecule has 2 atom stereocenters. The van der Waals surface area contributed by atoms with Crippen LogP contribution in [0.4, 0.5) is 4.79 Å². The van der Waals surface area contributed by atoms with Gasteiger partial charge in [-0.1, -0.05) is 19.9 Å². The molecule has 1 saturated heterocycles. The number of nitrogens with one attached hydrogen (secondary N) is 2. The van der Waals surface area contributed by atoms with Gasteiger partial charge in [-0.3, -0.25) is 4.90 Å². The molecule has 1 aliphatic rings. The number of urea groups is 1. The first-order chi connectivity index (χ1) is 13.3. The van der Waals surface area contributed by atoms with E-state index in [-0.39, 0.29) is 11.6 Å². The Bertz CT molecular complexity index is 765. The van der Waals surface area contributed by atoms with Gasteiger partial charge in [-0.2, -0.15) is 5.10 Å². The van der Waals surface area contributed by atoms with E-state index in [1.54, 1.807) is 17.2 Å². The quantitative estimate of drug-likeness (QED) is 0.796. The van der Waals surface area contributed by atoms with Crippen LogP contribution in [0.2, 0.25) is 0 Å². The number of carbonyl (C=O) groups excluding carboxylic acids is 1. The minimum absolute atomic E-state index is 0.0829. The normalized spacial score (nSPS) is 20.7. The molecule has 2 aromatic heterocycles. The number of likely N-dealkylation sites (tertiary alicyclic amines) is 1. The standard InChI is InChI=1S/C20H31N7O/c1-15-8-16(2)11-26(10-15)20(3,4)12-24-19(28)23-9-17-6-5-7-22-18(17)27-14-21-13-25-27/h5-7,13-16H,8-12H2,1-4H3,(H2,23,24,28). The van der Waals surface area contributed by atoms with Gasteiger partial charge in [0.1, 0.15) is 12.7 Å². The molecular formula is C20H31N7O. The fourth-order valence-electron chi connectivity index (χ4n) is 3.90. The summed E-state index contributed by atoms with van der Waals surface area (Å²) >= 11 is 0. The van der Waals surface area contributed by atoms with E-state index in [2.05, 4.69) is 58.3 Å². The smallest absolute Gasteiger partial charge is 0.315 e. The van der Waals surface area contributed by atoms with Crippen LogP contribution in [0.3, 0.4) is 0 Å². The van der Waals surface area contributed by atoms with E-state index >= 15 is 0 Å². The summed E-state index contributed by atoms with van der Waals surface area (Å²) in [5.74, 6) is 2.05. The molecule has 0 aromatic carbocycles. The maximum Gasteiger partial charge on any atom is 0.315 e. The van der Waals surface area contributed by atoms with Crippen LogP contribution in [-0.4, -0.2) is 55.9 Å². The molecule has 8 nitrogen and oxygen atoms in total. The van der Waals surface area contributed by atoms with Crippen molar-refractivity contribution in [3.05, 3.63) is 36.5 Å². The molecule has 152 valence electrons. The molecule has 1 aliphatic heterocycles. The molecule has 2 N–H and O–H groups in total. The molecule has 0 saturated carbocycles. The van der Waals surface area contributed by atoms with Gasteiger partial charge in [-0.25, -0.2) is 19.4 Å². The predicted octanol–water partition coefficient (Wildman–Crippen LogP) is 2.22. The van der Waals surface area contributed by atoms with E-state index < -0.39 is 0 Å². The number of carbonyl (C=O) groups is 1. The van der Waals surface area contributed by atoms with Gasteiger partial charge in [0, 0.05) is 43.5 Å². The van der Waals surface area contributed by atoms with Crippen molar-refractivity contribution in [1.82, 2.24) is 35.3 Å². The van der Waals surface area contributed by atoms with Gasteiger partial charge >= 0.3 is 6.03 Å². The summed E-state index contributed by atoms with van der Waals surface area (Å²) in [6.07, 6.45) is 6.03. The molecule has 8 heteroatoms. The highest BCUT2D eigenvalue weighted by Gasteiger charge is 2.32. The summed E-state index contributed by atoms with van der Waals surface area (Å²) in [4.78, 5) is 23.2. The molecule has 3 rings (SSSR count). The van der Waals surface area contributed by atoms with Crippen molar-refractivity contribution in [2.45, 2.75) is 46.2 Å². The lowest BCUT2D eigenvalue weighted by molar-refractivity contribution is 0.0472. The summed E-state index contributed by atoms with van der Waals surface area (Å²) in [7, 11) is 0. The summed E-state index contributed by atoms with van der Waals surface area (Å²) in [6, 6.07) is 3.58. The van der Waals surface area contributed by atoms with Crippen molar-refractivity contribution in [2.24, 2.45) is 11.8 Å². The highest BCUT2D eigenvalue weighted by atomic mass is 16.2. The van der Waals surface area contributed by atoms with Crippen LogP contribution in [0.25, 0.3) is 5.82 Å². The van der Waals surface area contributed by atoms with Crippen molar-refractivity contribution >= 4 is 6.03 Å². The fourth-order valence-corrected chi connectivity index (χ4v) is 3.90. The van der Waals surface area contributed by atoms with Gasteiger partial charge in [0.05, 0.1) is 0 Å². The number of piperidine rings is 1. The van der Waals surface area contributed by atoms with E-state index in [4.69, 9.17) is 0 Å². The van der Waals surface area contributed by atoms with Gasteiger partial charge in [-0.15, -0.1) is 0 Å². The largest absolute Gasteiger partial charge is 0.336 e. The molecule has 0 aliphatic carbocycles. The Morgan fingerprint density at radius 3 is 2.68 bits per heavy atom. The Labute approximate surface area is 166 Å². The average molecular weight is 386 g/mol. The molecule has 2 aromatic rings. The molecule has 2 amide bonds. The number of amides is 2. The summed E-state index contributed by atoms with van der Waals surface area (Å²) < 4.78 is 1.59. The number of rotatable bonds is 6. The highest BCUT2D eigenvalue weighted by Crippen LogP contribution is 2.26. The maximum absolute atomic E-state index is 12.4. The zero-order chi connectivity index (χ0) is 20.1. The van der Waals surface area contributed by atoms with E-state index in [0.29, 0.717) is 30.7 Å². The Morgan fingerprint density at radius 1 is 1.25 bits per heavy atom. The maximum atomic E-state index is 12.4. The second-order valence-corrected chi connectivity index (χ2v) is 8.53. The SMILES string of the molecule is CC1CC(C)CN(C(C)(C)CNC(=O)NCc2cccnc2-n2cncn2)C1. The Hall–Kier alpha value is -2.48. The Morgan fingerprint density at radius 2 is 2.00 bits per heavy atom. The third-order valence-electron chi connectivity index (χ3n) is 5.35. The third kappa shape index (κ3) is 5.07. The van der Waals surface area contributed by atoms with Crippen LogP contribution in [0, 0.1) is 11.8 Å². The number of aromatic nitrogens is 4. The lowest BCUT2D eigenvalue weighted by Crippen LogP contribution is -2.56. The zero-order valence-electron chi connectivity index (χ0n) is 17.2. The molecule has 0 spiro atoms. The summed E-state index contributed by atoms with van der Waals surface area (Å²) in [5.41, 5.74) is 0.793. The number of hydrogen-bond donors (Lipinski definition) is 2. The predicted molar refractivity (Wildman–Crippen MR) is 108 cm³/mol. The summed E-state index contributed by atoms with van der Waals surface area (Å²) in [6.45, 7) is 12.1. The molecule has 3 heterocycles. The number of hydrogen-bond acceptors (Lipinski definition) is 5. The summed E-state index contributed by atoms with van der Waals surface area (Å²) in [5, 5.41) is 10.1. The molecule has 1 fully saturated rings.